The number of benzene rings is 1. The van der Waals surface area contributed by atoms with Crippen molar-refractivity contribution >= 4 is 5.69 Å². The average molecular weight is 248 g/mol. The summed E-state index contributed by atoms with van der Waals surface area (Å²) in [6.45, 7) is 10.3. The maximum absolute atomic E-state index is 5.28. The first-order valence-electron chi connectivity index (χ1n) is 6.80. The van der Waals surface area contributed by atoms with Gasteiger partial charge in [0.15, 0.2) is 0 Å². The quantitative estimate of drug-likeness (QED) is 0.814. The molecular formula is C15H24N2O. The molecular weight excluding hydrogens is 224 g/mol. The summed E-state index contributed by atoms with van der Waals surface area (Å²) < 4.78 is 5.28. The third-order valence-corrected chi connectivity index (χ3v) is 3.41. The Kier molecular flexibility index (Phi) is 4.48. The number of ether oxygens (including phenoxy) is 1. The van der Waals surface area contributed by atoms with Crippen molar-refractivity contribution < 1.29 is 4.74 Å². The van der Waals surface area contributed by atoms with Crippen molar-refractivity contribution in [2.75, 3.05) is 44.7 Å². The molecule has 0 aliphatic carbocycles. The van der Waals surface area contributed by atoms with Crippen LogP contribution in [0.15, 0.2) is 24.3 Å². The number of hydrogen-bond donors (Lipinski definition) is 0. The Bertz CT molecular complexity index is 371. The van der Waals surface area contributed by atoms with Crippen LogP contribution in [0.5, 0.6) is 5.75 Å². The van der Waals surface area contributed by atoms with E-state index >= 15 is 0 Å². The van der Waals surface area contributed by atoms with Crippen molar-refractivity contribution in [3.05, 3.63) is 24.3 Å². The van der Waals surface area contributed by atoms with Crippen LogP contribution in [0.1, 0.15) is 13.8 Å². The van der Waals surface area contributed by atoms with Crippen molar-refractivity contribution in [3.8, 4) is 5.75 Å². The largest absolute Gasteiger partial charge is 0.497 e. The zero-order chi connectivity index (χ0) is 13.0. The molecule has 18 heavy (non-hydrogen) atoms. The lowest BCUT2D eigenvalue weighted by Crippen LogP contribution is -2.47. The van der Waals surface area contributed by atoms with E-state index in [2.05, 4.69) is 41.8 Å². The molecule has 2 rings (SSSR count). The highest BCUT2D eigenvalue weighted by molar-refractivity contribution is 5.51. The smallest absolute Gasteiger partial charge is 0.120 e. The first kappa shape index (κ1) is 13.2. The van der Waals surface area contributed by atoms with Crippen LogP contribution in [0, 0.1) is 5.92 Å². The summed E-state index contributed by atoms with van der Waals surface area (Å²) in [5.74, 6) is 1.70. The zero-order valence-corrected chi connectivity index (χ0v) is 11.7. The summed E-state index contributed by atoms with van der Waals surface area (Å²) in [7, 11) is 1.72. The van der Waals surface area contributed by atoms with E-state index < -0.39 is 0 Å². The van der Waals surface area contributed by atoms with Crippen LogP contribution in [0.25, 0.3) is 0 Å². The predicted octanol–water partition coefficient (Wildman–Crippen LogP) is 2.47. The number of methoxy groups -OCH3 is 1. The van der Waals surface area contributed by atoms with Gasteiger partial charge in [-0.2, -0.15) is 0 Å². The highest BCUT2D eigenvalue weighted by Gasteiger charge is 2.17. The van der Waals surface area contributed by atoms with Crippen LogP contribution in [-0.4, -0.2) is 44.7 Å². The Morgan fingerprint density at radius 2 is 1.89 bits per heavy atom. The first-order chi connectivity index (χ1) is 8.69. The normalized spacial score (nSPS) is 17.2. The van der Waals surface area contributed by atoms with Gasteiger partial charge in [0.05, 0.1) is 7.11 Å². The fraction of sp³-hybridized carbons (Fsp3) is 0.600. The summed E-state index contributed by atoms with van der Waals surface area (Å²) in [4.78, 5) is 5.00. The SMILES string of the molecule is COc1cccc(N2CCN(CC(C)C)CC2)c1. The Morgan fingerprint density at radius 3 is 2.50 bits per heavy atom. The molecule has 0 saturated carbocycles. The maximum Gasteiger partial charge on any atom is 0.120 e. The molecule has 0 unspecified atom stereocenters. The van der Waals surface area contributed by atoms with Crippen LogP contribution < -0.4 is 9.64 Å². The first-order valence-corrected chi connectivity index (χ1v) is 6.80. The summed E-state index contributed by atoms with van der Waals surface area (Å²) in [5, 5.41) is 0. The van der Waals surface area contributed by atoms with Gasteiger partial charge in [-0.1, -0.05) is 19.9 Å². The number of rotatable bonds is 4. The van der Waals surface area contributed by atoms with Crippen molar-refractivity contribution in [2.45, 2.75) is 13.8 Å². The lowest BCUT2D eigenvalue weighted by atomic mass is 10.2. The second kappa shape index (κ2) is 6.10. The van der Waals surface area contributed by atoms with E-state index in [9.17, 15) is 0 Å². The Labute approximate surface area is 110 Å². The summed E-state index contributed by atoms with van der Waals surface area (Å²) in [6, 6.07) is 8.35. The molecule has 0 N–H and O–H groups in total. The second-order valence-electron chi connectivity index (χ2n) is 5.38. The minimum Gasteiger partial charge on any atom is -0.497 e. The molecule has 0 aromatic heterocycles. The van der Waals surface area contributed by atoms with E-state index in [0.717, 1.165) is 37.8 Å². The van der Waals surface area contributed by atoms with Crippen molar-refractivity contribution in [1.29, 1.82) is 0 Å². The molecule has 1 aliphatic heterocycles. The molecule has 0 amide bonds. The van der Waals surface area contributed by atoms with E-state index in [1.54, 1.807) is 7.11 Å². The van der Waals surface area contributed by atoms with Crippen LogP contribution in [0.3, 0.4) is 0 Å². The molecule has 0 bridgehead atoms. The molecule has 100 valence electrons. The molecule has 1 aromatic rings. The highest BCUT2D eigenvalue weighted by Crippen LogP contribution is 2.22. The Hall–Kier alpha value is -1.22. The van der Waals surface area contributed by atoms with Gasteiger partial charge in [0, 0.05) is 44.5 Å². The van der Waals surface area contributed by atoms with E-state index in [0.29, 0.717) is 0 Å². The predicted molar refractivity (Wildman–Crippen MR) is 76.5 cm³/mol. The second-order valence-corrected chi connectivity index (χ2v) is 5.38. The molecule has 1 aromatic carbocycles. The van der Waals surface area contributed by atoms with E-state index in [1.807, 2.05) is 6.07 Å². The van der Waals surface area contributed by atoms with Crippen LogP contribution in [0.4, 0.5) is 5.69 Å². The Morgan fingerprint density at radius 1 is 1.17 bits per heavy atom. The molecule has 0 spiro atoms. The van der Waals surface area contributed by atoms with E-state index in [1.165, 1.54) is 12.2 Å². The van der Waals surface area contributed by atoms with E-state index in [4.69, 9.17) is 4.74 Å². The molecule has 1 heterocycles. The molecule has 0 radical (unpaired) electrons. The number of hydrogen-bond acceptors (Lipinski definition) is 3. The fourth-order valence-electron chi connectivity index (χ4n) is 2.51. The summed E-state index contributed by atoms with van der Waals surface area (Å²) in [6.07, 6.45) is 0. The van der Waals surface area contributed by atoms with Crippen LogP contribution in [0.2, 0.25) is 0 Å². The third-order valence-electron chi connectivity index (χ3n) is 3.41. The van der Waals surface area contributed by atoms with Crippen molar-refractivity contribution in [1.82, 2.24) is 4.90 Å². The van der Waals surface area contributed by atoms with Crippen LogP contribution in [-0.2, 0) is 0 Å². The van der Waals surface area contributed by atoms with E-state index in [-0.39, 0.29) is 0 Å². The zero-order valence-electron chi connectivity index (χ0n) is 11.7. The third kappa shape index (κ3) is 3.39. The monoisotopic (exact) mass is 248 g/mol. The van der Waals surface area contributed by atoms with Gasteiger partial charge in [0.2, 0.25) is 0 Å². The van der Waals surface area contributed by atoms with Gasteiger partial charge in [0.1, 0.15) is 5.75 Å². The number of piperazine rings is 1. The molecule has 1 fully saturated rings. The average Bonchev–Trinajstić information content (AvgIpc) is 2.39. The summed E-state index contributed by atoms with van der Waals surface area (Å²) in [5.41, 5.74) is 1.28. The number of nitrogens with zero attached hydrogens (tertiary/aromatic N) is 2. The molecule has 1 aliphatic rings. The molecule has 3 nitrogen and oxygen atoms in total. The standard InChI is InChI=1S/C15H24N2O/c1-13(2)12-16-7-9-17(10-8-16)14-5-4-6-15(11-14)18-3/h4-6,11,13H,7-10,12H2,1-3H3. The maximum atomic E-state index is 5.28. The van der Waals surface area contributed by atoms with Crippen molar-refractivity contribution in [3.63, 3.8) is 0 Å². The minimum absolute atomic E-state index is 0.758. The van der Waals surface area contributed by atoms with Gasteiger partial charge in [-0.05, 0) is 18.1 Å². The topological polar surface area (TPSA) is 15.7 Å². The van der Waals surface area contributed by atoms with Gasteiger partial charge >= 0.3 is 0 Å². The Balaban J connectivity index is 1.92. The molecule has 0 atom stereocenters. The summed E-state index contributed by atoms with van der Waals surface area (Å²) >= 11 is 0. The van der Waals surface area contributed by atoms with Crippen LogP contribution >= 0.6 is 0 Å². The minimum atomic E-state index is 0.758. The lowest BCUT2D eigenvalue weighted by molar-refractivity contribution is 0.231. The van der Waals surface area contributed by atoms with Gasteiger partial charge in [-0.25, -0.2) is 0 Å². The van der Waals surface area contributed by atoms with Crippen molar-refractivity contribution in [2.24, 2.45) is 5.92 Å². The van der Waals surface area contributed by atoms with Gasteiger partial charge in [0.25, 0.3) is 0 Å². The fourth-order valence-corrected chi connectivity index (χ4v) is 2.51. The van der Waals surface area contributed by atoms with Gasteiger partial charge in [-0.3, -0.25) is 4.90 Å². The highest BCUT2D eigenvalue weighted by atomic mass is 16.5. The molecule has 1 saturated heterocycles. The van der Waals surface area contributed by atoms with Gasteiger partial charge < -0.3 is 9.64 Å². The lowest BCUT2D eigenvalue weighted by Gasteiger charge is -2.36. The number of anilines is 1. The van der Waals surface area contributed by atoms with Gasteiger partial charge in [-0.15, -0.1) is 0 Å². The molecule has 3 heteroatoms.